The van der Waals surface area contributed by atoms with E-state index in [0.29, 0.717) is 17.1 Å². The number of ketones is 1. The van der Waals surface area contributed by atoms with Gasteiger partial charge in [-0.15, -0.1) is 5.10 Å². The van der Waals surface area contributed by atoms with Gasteiger partial charge in [0.15, 0.2) is 11.5 Å². The molecule has 0 fully saturated rings. The van der Waals surface area contributed by atoms with Gasteiger partial charge >= 0.3 is 0 Å². The highest BCUT2D eigenvalue weighted by molar-refractivity contribution is 5.96. The highest BCUT2D eigenvalue weighted by Crippen LogP contribution is 2.15. The second-order valence-corrected chi connectivity index (χ2v) is 5.32. The molecule has 23 heavy (non-hydrogen) atoms. The van der Waals surface area contributed by atoms with Crippen LogP contribution < -0.4 is 0 Å². The minimum absolute atomic E-state index is 0.110. The van der Waals surface area contributed by atoms with E-state index in [9.17, 15) is 9.18 Å². The lowest BCUT2D eigenvalue weighted by Gasteiger charge is -2.04. The second kappa shape index (κ2) is 6.08. The van der Waals surface area contributed by atoms with Gasteiger partial charge in [-0.05, 0) is 55.8 Å². The summed E-state index contributed by atoms with van der Waals surface area (Å²) in [5, 5.41) is 7.99. The summed E-state index contributed by atoms with van der Waals surface area (Å²) in [7, 11) is 0. The van der Waals surface area contributed by atoms with Crippen LogP contribution in [-0.4, -0.2) is 25.8 Å². The van der Waals surface area contributed by atoms with Gasteiger partial charge in [-0.25, -0.2) is 9.07 Å². The Morgan fingerprint density at radius 3 is 2.61 bits per heavy atom. The van der Waals surface area contributed by atoms with Crippen molar-refractivity contribution in [2.75, 3.05) is 0 Å². The van der Waals surface area contributed by atoms with Crippen LogP contribution in [0.5, 0.6) is 0 Å². The van der Waals surface area contributed by atoms with Gasteiger partial charge < -0.3 is 0 Å². The van der Waals surface area contributed by atoms with Crippen LogP contribution in [0.2, 0.25) is 0 Å². The van der Waals surface area contributed by atoms with Gasteiger partial charge in [-0.3, -0.25) is 9.78 Å². The molecule has 0 atom stereocenters. The molecule has 0 unspecified atom stereocenters. The van der Waals surface area contributed by atoms with Gasteiger partial charge in [0, 0.05) is 18.3 Å². The lowest BCUT2D eigenvalue weighted by molar-refractivity contribution is 0.0987. The third kappa shape index (κ3) is 3.15. The van der Waals surface area contributed by atoms with Gasteiger partial charge in [0.05, 0.1) is 11.4 Å². The Balaban J connectivity index is 1.86. The lowest BCUT2D eigenvalue weighted by atomic mass is 10.1. The van der Waals surface area contributed by atoms with Crippen molar-refractivity contribution in [2.24, 2.45) is 0 Å². The summed E-state index contributed by atoms with van der Waals surface area (Å²) in [6, 6.07) is 9.56. The largest absolute Gasteiger partial charge is 0.292 e. The molecule has 2 heterocycles. The summed E-state index contributed by atoms with van der Waals surface area (Å²) in [5.74, 6) is -0.433. The molecule has 0 amide bonds. The standard InChI is InChI=1S/C17H15FN4O/c1-11-9-13(7-8-19-11)10-16(23)17-12(2)22(21-20-17)15-5-3-14(18)4-6-15/h3-9H,10H2,1-2H3. The SMILES string of the molecule is Cc1cc(CC(=O)c2nnn(-c3ccc(F)cc3)c2C)ccn1. The number of carbonyl (C=O) groups is 1. The molecule has 5 nitrogen and oxygen atoms in total. The molecular weight excluding hydrogens is 295 g/mol. The Morgan fingerprint density at radius 1 is 1.17 bits per heavy atom. The van der Waals surface area contributed by atoms with E-state index in [1.807, 2.05) is 19.1 Å². The predicted octanol–water partition coefficient (Wildman–Crippen LogP) is 2.84. The number of rotatable bonds is 4. The third-order valence-electron chi connectivity index (χ3n) is 3.56. The average Bonchev–Trinajstić information content (AvgIpc) is 2.90. The zero-order chi connectivity index (χ0) is 16.4. The summed E-state index contributed by atoms with van der Waals surface area (Å²) in [5.41, 5.74) is 3.37. The minimum Gasteiger partial charge on any atom is -0.292 e. The van der Waals surface area contributed by atoms with Gasteiger partial charge in [0.25, 0.3) is 0 Å². The molecule has 0 bridgehead atoms. The summed E-state index contributed by atoms with van der Waals surface area (Å²) < 4.78 is 14.5. The fourth-order valence-corrected chi connectivity index (χ4v) is 2.40. The zero-order valence-corrected chi connectivity index (χ0v) is 12.8. The smallest absolute Gasteiger partial charge is 0.189 e. The molecule has 0 radical (unpaired) electrons. The van der Waals surface area contributed by atoms with Crippen LogP contribution in [0, 0.1) is 19.7 Å². The van der Waals surface area contributed by atoms with Crippen LogP contribution in [0.1, 0.15) is 27.4 Å². The number of hydrogen-bond acceptors (Lipinski definition) is 4. The highest BCUT2D eigenvalue weighted by Gasteiger charge is 2.17. The number of pyridine rings is 1. The monoisotopic (exact) mass is 310 g/mol. The summed E-state index contributed by atoms with van der Waals surface area (Å²) >= 11 is 0. The first kappa shape index (κ1) is 15.0. The molecule has 6 heteroatoms. The van der Waals surface area contributed by atoms with Crippen molar-refractivity contribution >= 4 is 5.78 Å². The lowest BCUT2D eigenvalue weighted by Crippen LogP contribution is -2.07. The van der Waals surface area contributed by atoms with Crippen LogP contribution in [0.15, 0.2) is 42.6 Å². The average molecular weight is 310 g/mol. The molecule has 0 aliphatic carbocycles. The van der Waals surface area contributed by atoms with E-state index in [4.69, 9.17) is 0 Å². The van der Waals surface area contributed by atoms with E-state index in [1.165, 1.54) is 16.8 Å². The number of nitrogens with zero attached hydrogens (tertiary/aromatic N) is 4. The first-order valence-corrected chi connectivity index (χ1v) is 7.17. The van der Waals surface area contributed by atoms with E-state index < -0.39 is 0 Å². The summed E-state index contributed by atoms with van der Waals surface area (Å²) in [6.45, 7) is 3.65. The van der Waals surface area contributed by atoms with E-state index >= 15 is 0 Å². The Morgan fingerprint density at radius 2 is 1.91 bits per heavy atom. The first-order chi connectivity index (χ1) is 11.0. The van der Waals surface area contributed by atoms with Crippen molar-refractivity contribution in [3.05, 3.63) is 71.1 Å². The van der Waals surface area contributed by atoms with Crippen LogP contribution in [0.4, 0.5) is 4.39 Å². The fraction of sp³-hybridized carbons (Fsp3) is 0.176. The van der Waals surface area contributed by atoms with Gasteiger partial charge in [0.1, 0.15) is 5.82 Å². The number of aromatic nitrogens is 4. The predicted molar refractivity (Wildman–Crippen MR) is 83.1 cm³/mol. The maximum atomic E-state index is 13.0. The third-order valence-corrected chi connectivity index (χ3v) is 3.56. The normalized spacial score (nSPS) is 10.7. The number of hydrogen-bond donors (Lipinski definition) is 0. The van der Waals surface area contributed by atoms with Crippen molar-refractivity contribution in [1.82, 2.24) is 20.0 Å². The van der Waals surface area contributed by atoms with Gasteiger partial charge in [-0.2, -0.15) is 0 Å². The highest BCUT2D eigenvalue weighted by atomic mass is 19.1. The fourth-order valence-electron chi connectivity index (χ4n) is 2.40. The molecule has 0 saturated carbocycles. The van der Waals surface area contributed by atoms with Crippen LogP contribution in [0.25, 0.3) is 5.69 Å². The van der Waals surface area contributed by atoms with Crippen LogP contribution >= 0.6 is 0 Å². The molecule has 3 rings (SSSR count). The Kier molecular flexibility index (Phi) is 3.97. The Bertz CT molecular complexity index is 855. The molecular formula is C17H15FN4O. The quantitative estimate of drug-likeness (QED) is 0.695. The Hall–Kier alpha value is -2.89. The Labute approximate surface area is 132 Å². The molecule has 0 aliphatic heterocycles. The van der Waals surface area contributed by atoms with E-state index in [1.54, 1.807) is 25.3 Å². The summed E-state index contributed by atoms with van der Waals surface area (Å²) in [6.07, 6.45) is 1.92. The van der Waals surface area contributed by atoms with E-state index in [0.717, 1.165) is 11.3 Å². The van der Waals surface area contributed by atoms with Crippen molar-refractivity contribution in [3.8, 4) is 5.69 Å². The van der Waals surface area contributed by atoms with Crippen LogP contribution in [-0.2, 0) is 6.42 Å². The van der Waals surface area contributed by atoms with Gasteiger partial charge in [0.2, 0.25) is 0 Å². The van der Waals surface area contributed by atoms with Crippen molar-refractivity contribution in [3.63, 3.8) is 0 Å². The van der Waals surface area contributed by atoms with Crippen molar-refractivity contribution < 1.29 is 9.18 Å². The number of carbonyl (C=O) groups excluding carboxylic acids is 1. The molecule has 0 spiro atoms. The van der Waals surface area contributed by atoms with E-state index in [2.05, 4.69) is 15.3 Å². The van der Waals surface area contributed by atoms with E-state index in [-0.39, 0.29) is 18.0 Å². The number of Topliss-reactive ketones (excluding diaryl/α,β-unsaturated/α-hetero) is 1. The molecule has 116 valence electrons. The molecule has 2 aromatic heterocycles. The minimum atomic E-state index is -0.323. The molecule has 1 aromatic carbocycles. The van der Waals surface area contributed by atoms with Crippen LogP contribution in [0.3, 0.4) is 0 Å². The topological polar surface area (TPSA) is 60.7 Å². The summed E-state index contributed by atoms with van der Waals surface area (Å²) in [4.78, 5) is 16.6. The maximum Gasteiger partial charge on any atom is 0.189 e. The molecule has 3 aromatic rings. The number of aryl methyl sites for hydroxylation is 1. The molecule has 0 saturated heterocycles. The zero-order valence-electron chi connectivity index (χ0n) is 12.8. The number of benzene rings is 1. The molecule has 0 N–H and O–H groups in total. The van der Waals surface area contributed by atoms with Crippen molar-refractivity contribution in [1.29, 1.82) is 0 Å². The second-order valence-electron chi connectivity index (χ2n) is 5.32. The molecule has 0 aliphatic rings. The van der Waals surface area contributed by atoms with Gasteiger partial charge in [-0.1, -0.05) is 5.21 Å². The number of halogens is 1. The van der Waals surface area contributed by atoms with Crippen molar-refractivity contribution in [2.45, 2.75) is 20.3 Å². The maximum absolute atomic E-state index is 13.0. The first-order valence-electron chi connectivity index (χ1n) is 7.17.